The Hall–Kier alpha value is -4.06. The number of ether oxygens (including phenoxy) is 2. The van der Waals surface area contributed by atoms with Gasteiger partial charge >= 0.3 is 0 Å². The van der Waals surface area contributed by atoms with Crippen LogP contribution in [0.25, 0.3) is 27.7 Å². The summed E-state index contributed by atoms with van der Waals surface area (Å²) in [5, 5.41) is 3.42. The maximum atomic E-state index is 13.9. The van der Waals surface area contributed by atoms with Crippen molar-refractivity contribution in [2.75, 3.05) is 19.5 Å². The molecule has 0 bridgehead atoms. The number of rotatable bonds is 6. The Morgan fingerprint density at radius 2 is 1.69 bits per heavy atom. The summed E-state index contributed by atoms with van der Waals surface area (Å²) in [6, 6.07) is 17.4. The minimum Gasteiger partial charge on any atom is -0.496 e. The van der Waals surface area contributed by atoms with Crippen LogP contribution in [0, 0.1) is 5.82 Å². The van der Waals surface area contributed by atoms with Gasteiger partial charge in [-0.25, -0.2) is 4.39 Å². The normalized spacial score (nSPS) is 11.4. The number of carbonyl (C=O) groups excluding carboxylic acids is 1. The number of hydrogen-bond acceptors (Lipinski definition) is 4. The highest BCUT2D eigenvalue weighted by molar-refractivity contribution is 6.05. The van der Waals surface area contributed by atoms with Crippen LogP contribution < -0.4 is 14.8 Å². The first kappa shape index (κ1) is 21.2. The summed E-state index contributed by atoms with van der Waals surface area (Å²) in [4.78, 5) is 12.5. The van der Waals surface area contributed by atoms with Crippen molar-refractivity contribution in [2.24, 2.45) is 0 Å². The van der Waals surface area contributed by atoms with Crippen molar-refractivity contribution in [1.82, 2.24) is 0 Å². The van der Waals surface area contributed by atoms with Crippen molar-refractivity contribution in [1.29, 1.82) is 0 Å². The minimum atomic E-state index is -0.495. The zero-order valence-electron chi connectivity index (χ0n) is 17.9. The Labute approximate surface area is 185 Å². The number of furan rings is 1. The predicted octanol–water partition coefficient (Wildman–Crippen LogP) is 6.30. The highest BCUT2D eigenvalue weighted by Gasteiger charge is 2.17. The number of benzene rings is 3. The van der Waals surface area contributed by atoms with Crippen molar-refractivity contribution in [3.8, 4) is 22.6 Å². The fourth-order valence-corrected chi connectivity index (χ4v) is 3.61. The van der Waals surface area contributed by atoms with E-state index in [2.05, 4.69) is 5.32 Å². The van der Waals surface area contributed by atoms with Crippen LogP contribution in [0.3, 0.4) is 0 Å². The minimum absolute atomic E-state index is 0.122. The summed E-state index contributed by atoms with van der Waals surface area (Å²) < 4.78 is 30.7. The predicted molar refractivity (Wildman–Crippen MR) is 123 cm³/mol. The number of para-hydroxylation sites is 2. The van der Waals surface area contributed by atoms with Crippen molar-refractivity contribution in [2.45, 2.75) is 6.92 Å². The second-order valence-corrected chi connectivity index (χ2v) is 7.19. The molecule has 162 valence electrons. The lowest BCUT2D eigenvalue weighted by atomic mass is 9.98. The van der Waals surface area contributed by atoms with E-state index in [4.69, 9.17) is 13.9 Å². The molecular weight excluding hydrogens is 409 g/mol. The molecular formula is C26H22FNO4. The average molecular weight is 431 g/mol. The van der Waals surface area contributed by atoms with E-state index in [1.807, 2.05) is 30.3 Å². The molecule has 0 aliphatic rings. The van der Waals surface area contributed by atoms with Gasteiger partial charge in [-0.1, -0.05) is 30.3 Å². The van der Waals surface area contributed by atoms with Gasteiger partial charge in [0.15, 0.2) is 0 Å². The second-order valence-electron chi connectivity index (χ2n) is 7.19. The first-order chi connectivity index (χ1) is 15.5. The fraction of sp³-hybridized carbons (Fsp3) is 0.115. The molecule has 0 aliphatic heterocycles. The SMILES string of the molecule is COc1cc2occ(-c3ccccc3OC)c2cc1/C(C)=C/C(=O)Nc1ccccc1F. The highest BCUT2D eigenvalue weighted by atomic mass is 19.1. The van der Waals surface area contributed by atoms with Crippen LogP contribution in [-0.4, -0.2) is 20.1 Å². The lowest BCUT2D eigenvalue weighted by Crippen LogP contribution is -2.10. The van der Waals surface area contributed by atoms with Gasteiger partial charge in [0.05, 0.1) is 26.2 Å². The smallest absolute Gasteiger partial charge is 0.248 e. The summed E-state index contributed by atoms with van der Waals surface area (Å²) in [5.74, 6) is 0.354. The van der Waals surface area contributed by atoms with Gasteiger partial charge in [0, 0.05) is 34.2 Å². The van der Waals surface area contributed by atoms with Crippen LogP contribution in [0.4, 0.5) is 10.1 Å². The third-order valence-electron chi connectivity index (χ3n) is 5.20. The van der Waals surface area contributed by atoms with Crippen LogP contribution >= 0.6 is 0 Å². The van der Waals surface area contributed by atoms with Crippen molar-refractivity contribution in [3.63, 3.8) is 0 Å². The van der Waals surface area contributed by atoms with E-state index in [-0.39, 0.29) is 5.69 Å². The summed E-state index contributed by atoms with van der Waals surface area (Å²) in [7, 11) is 3.18. The number of methoxy groups -OCH3 is 2. The molecule has 1 amide bonds. The van der Waals surface area contributed by atoms with E-state index in [0.717, 1.165) is 27.8 Å². The Balaban J connectivity index is 1.75. The fourth-order valence-electron chi connectivity index (χ4n) is 3.61. The van der Waals surface area contributed by atoms with E-state index in [9.17, 15) is 9.18 Å². The third kappa shape index (κ3) is 4.07. The van der Waals surface area contributed by atoms with Gasteiger partial charge in [-0.3, -0.25) is 4.79 Å². The van der Waals surface area contributed by atoms with Crippen molar-refractivity contribution >= 4 is 28.1 Å². The zero-order valence-corrected chi connectivity index (χ0v) is 17.9. The molecule has 3 aromatic carbocycles. The van der Waals surface area contributed by atoms with Gasteiger partial charge in [0.25, 0.3) is 0 Å². The molecule has 4 aromatic rings. The molecule has 32 heavy (non-hydrogen) atoms. The summed E-state index contributed by atoms with van der Waals surface area (Å²) in [6.45, 7) is 1.80. The van der Waals surface area contributed by atoms with Crippen LogP contribution in [0.5, 0.6) is 11.5 Å². The van der Waals surface area contributed by atoms with Crippen LogP contribution in [-0.2, 0) is 4.79 Å². The van der Waals surface area contributed by atoms with Crippen molar-refractivity contribution in [3.05, 3.63) is 84.4 Å². The van der Waals surface area contributed by atoms with Crippen LogP contribution in [0.1, 0.15) is 12.5 Å². The summed E-state index contributed by atoms with van der Waals surface area (Å²) in [5.41, 5.74) is 3.91. The van der Waals surface area contributed by atoms with E-state index in [1.54, 1.807) is 45.6 Å². The van der Waals surface area contributed by atoms with E-state index in [0.29, 0.717) is 16.9 Å². The molecule has 0 atom stereocenters. The van der Waals surface area contributed by atoms with Crippen LogP contribution in [0.2, 0.25) is 0 Å². The Morgan fingerprint density at radius 1 is 0.969 bits per heavy atom. The van der Waals surface area contributed by atoms with E-state index in [1.165, 1.54) is 18.2 Å². The Bertz CT molecular complexity index is 1320. The zero-order chi connectivity index (χ0) is 22.7. The van der Waals surface area contributed by atoms with E-state index >= 15 is 0 Å². The number of carbonyl (C=O) groups is 1. The largest absolute Gasteiger partial charge is 0.496 e. The molecule has 0 spiro atoms. The maximum absolute atomic E-state index is 13.9. The first-order valence-corrected chi connectivity index (χ1v) is 9.98. The van der Waals surface area contributed by atoms with Crippen LogP contribution in [0.15, 0.2) is 77.4 Å². The van der Waals surface area contributed by atoms with Gasteiger partial charge in [-0.05, 0) is 36.8 Å². The number of allylic oxidation sites excluding steroid dienone is 1. The number of fused-ring (bicyclic) bond motifs is 1. The topological polar surface area (TPSA) is 60.7 Å². The van der Waals surface area contributed by atoms with Gasteiger partial charge in [0.2, 0.25) is 5.91 Å². The molecule has 0 saturated heterocycles. The molecule has 0 fully saturated rings. The van der Waals surface area contributed by atoms with Crippen molar-refractivity contribution < 1.29 is 23.1 Å². The monoisotopic (exact) mass is 431 g/mol. The Kier molecular flexibility index (Phi) is 5.94. The summed E-state index contributed by atoms with van der Waals surface area (Å²) in [6.07, 6.45) is 3.09. The molecule has 1 N–H and O–H groups in total. The number of halogens is 1. The highest BCUT2D eigenvalue weighted by Crippen LogP contribution is 2.40. The van der Waals surface area contributed by atoms with Gasteiger partial charge in [-0.2, -0.15) is 0 Å². The number of anilines is 1. The molecule has 0 aliphatic carbocycles. The van der Waals surface area contributed by atoms with Gasteiger partial charge in [0.1, 0.15) is 22.9 Å². The quantitative estimate of drug-likeness (QED) is 0.364. The number of nitrogens with one attached hydrogen (secondary N) is 1. The molecule has 1 heterocycles. The third-order valence-corrected chi connectivity index (χ3v) is 5.20. The van der Waals surface area contributed by atoms with Gasteiger partial charge in [-0.15, -0.1) is 0 Å². The van der Waals surface area contributed by atoms with E-state index < -0.39 is 11.7 Å². The lowest BCUT2D eigenvalue weighted by molar-refractivity contribution is -0.111. The number of amides is 1. The molecule has 5 nitrogen and oxygen atoms in total. The average Bonchev–Trinajstić information content (AvgIpc) is 3.22. The second kappa shape index (κ2) is 8.98. The van der Waals surface area contributed by atoms with Gasteiger partial charge < -0.3 is 19.2 Å². The molecule has 6 heteroatoms. The molecule has 0 radical (unpaired) electrons. The Morgan fingerprint density at radius 3 is 2.44 bits per heavy atom. The molecule has 0 saturated carbocycles. The first-order valence-electron chi connectivity index (χ1n) is 9.98. The number of hydrogen-bond donors (Lipinski definition) is 1. The molecule has 0 unspecified atom stereocenters. The molecule has 1 aromatic heterocycles. The summed E-state index contributed by atoms with van der Waals surface area (Å²) >= 11 is 0. The maximum Gasteiger partial charge on any atom is 0.248 e. The standard InChI is InChI=1S/C26H22FNO4/c1-16(12-26(29)28-22-10-6-5-9-21(22)27)18-13-19-20(15-32-25(19)14-24(18)31-3)17-8-4-7-11-23(17)30-2/h4-15H,1-3H3,(H,28,29)/b16-12+. The lowest BCUT2D eigenvalue weighted by Gasteiger charge is -2.11. The molecule has 4 rings (SSSR count).